The van der Waals surface area contributed by atoms with Crippen LogP contribution in [0.25, 0.3) is 6.08 Å². The van der Waals surface area contributed by atoms with Crippen LogP contribution in [-0.4, -0.2) is 35.8 Å². The van der Waals surface area contributed by atoms with E-state index in [1.807, 2.05) is 24.3 Å². The summed E-state index contributed by atoms with van der Waals surface area (Å²) in [5.74, 6) is 1.05. The second kappa shape index (κ2) is 5.07. The molecule has 1 N–H and O–H groups in total. The van der Waals surface area contributed by atoms with E-state index >= 15 is 0 Å². The Labute approximate surface area is 129 Å². The first-order valence-corrected chi connectivity index (χ1v) is 8.86. The zero-order valence-corrected chi connectivity index (χ0v) is 12.9. The fourth-order valence-electron chi connectivity index (χ4n) is 3.08. The van der Waals surface area contributed by atoms with Gasteiger partial charge in [-0.25, -0.2) is 13.4 Å². The van der Waals surface area contributed by atoms with Gasteiger partial charge < -0.3 is 4.98 Å². The lowest BCUT2D eigenvalue weighted by molar-refractivity contribution is 0.259. The zero-order chi connectivity index (χ0) is 15.2. The Morgan fingerprint density at radius 3 is 2.77 bits per heavy atom. The summed E-state index contributed by atoms with van der Waals surface area (Å²) in [6.07, 6.45) is 6.67. The zero-order valence-electron chi connectivity index (χ0n) is 12.1. The Morgan fingerprint density at radius 1 is 1.18 bits per heavy atom. The van der Waals surface area contributed by atoms with Crippen molar-refractivity contribution in [3.8, 4) is 0 Å². The molecule has 114 valence electrons. The summed E-state index contributed by atoms with van der Waals surface area (Å²) < 4.78 is 27.0. The molecule has 1 aliphatic carbocycles. The summed E-state index contributed by atoms with van der Waals surface area (Å²) in [4.78, 5) is 7.79. The Bertz CT molecular complexity index is 819. The van der Waals surface area contributed by atoms with Crippen molar-refractivity contribution >= 4 is 16.1 Å². The van der Waals surface area contributed by atoms with Crippen LogP contribution in [0.3, 0.4) is 0 Å². The summed E-state index contributed by atoms with van der Waals surface area (Å²) in [6, 6.07) is 7.98. The number of aromatic amines is 1. The van der Waals surface area contributed by atoms with Gasteiger partial charge in [-0.1, -0.05) is 24.3 Å². The molecule has 0 unspecified atom stereocenters. The maximum atomic E-state index is 12.7. The van der Waals surface area contributed by atoms with E-state index in [4.69, 9.17) is 0 Å². The number of aryl methyl sites for hydroxylation is 1. The van der Waals surface area contributed by atoms with Gasteiger partial charge in [-0.3, -0.25) is 0 Å². The van der Waals surface area contributed by atoms with Gasteiger partial charge in [0.2, 0.25) is 10.0 Å². The van der Waals surface area contributed by atoms with E-state index in [9.17, 15) is 8.42 Å². The van der Waals surface area contributed by atoms with Crippen molar-refractivity contribution in [2.75, 3.05) is 13.1 Å². The van der Waals surface area contributed by atoms with Crippen molar-refractivity contribution in [1.82, 2.24) is 14.3 Å². The SMILES string of the molecule is O=S(=O)(C1=Cc2ccccc2CC1)N1CC(c2ncc[nH]2)C1. The molecule has 0 amide bonds. The van der Waals surface area contributed by atoms with Gasteiger partial charge >= 0.3 is 0 Å². The number of hydrogen-bond donors (Lipinski definition) is 1. The standard InChI is InChI=1S/C16H17N3O2S/c20-22(21,19-10-14(11-19)16-17-7-8-18-16)15-6-5-12-3-1-2-4-13(12)9-15/h1-4,7-9,14H,5-6,10-11H2,(H,17,18). The fraction of sp³-hybridized carbons (Fsp3) is 0.312. The van der Waals surface area contributed by atoms with Crippen molar-refractivity contribution in [3.05, 3.63) is 58.5 Å². The van der Waals surface area contributed by atoms with Crippen LogP contribution in [0.2, 0.25) is 0 Å². The van der Waals surface area contributed by atoms with E-state index in [2.05, 4.69) is 16.0 Å². The average molecular weight is 315 g/mol. The van der Waals surface area contributed by atoms with Gasteiger partial charge in [-0.2, -0.15) is 4.31 Å². The Kier molecular flexibility index (Phi) is 3.16. The molecule has 22 heavy (non-hydrogen) atoms. The minimum atomic E-state index is -3.34. The number of sulfonamides is 1. The number of nitrogens with zero attached hydrogens (tertiary/aromatic N) is 2. The fourth-order valence-corrected chi connectivity index (χ4v) is 4.80. The molecule has 5 nitrogen and oxygen atoms in total. The van der Waals surface area contributed by atoms with Gasteiger partial charge in [-0.05, 0) is 30.0 Å². The number of imidazole rings is 1. The highest BCUT2D eigenvalue weighted by Crippen LogP contribution is 2.34. The van der Waals surface area contributed by atoms with Crippen LogP contribution in [0.4, 0.5) is 0 Å². The van der Waals surface area contributed by atoms with Crippen molar-refractivity contribution < 1.29 is 8.42 Å². The molecule has 0 saturated carbocycles. The summed E-state index contributed by atoms with van der Waals surface area (Å²) in [6.45, 7) is 1.02. The molecule has 6 heteroatoms. The number of benzene rings is 1. The molecule has 1 saturated heterocycles. The lowest BCUT2D eigenvalue weighted by Crippen LogP contribution is -2.49. The molecule has 1 fully saturated rings. The third-order valence-electron chi connectivity index (χ3n) is 4.44. The van der Waals surface area contributed by atoms with Gasteiger partial charge in [0.1, 0.15) is 5.82 Å². The van der Waals surface area contributed by atoms with E-state index < -0.39 is 10.0 Å². The number of H-pyrrole nitrogens is 1. The normalized spacial score (nSPS) is 19.4. The predicted molar refractivity (Wildman–Crippen MR) is 84.6 cm³/mol. The van der Waals surface area contributed by atoms with Gasteiger partial charge in [-0.15, -0.1) is 0 Å². The largest absolute Gasteiger partial charge is 0.348 e. The molecule has 2 aromatic rings. The van der Waals surface area contributed by atoms with Crippen LogP contribution < -0.4 is 0 Å². The molecule has 0 spiro atoms. The summed E-state index contributed by atoms with van der Waals surface area (Å²) in [7, 11) is -3.34. The van der Waals surface area contributed by atoms with Crippen molar-refractivity contribution in [1.29, 1.82) is 0 Å². The molecular formula is C16H17N3O2S. The molecule has 1 aliphatic heterocycles. The van der Waals surface area contributed by atoms with Crippen molar-refractivity contribution in [3.63, 3.8) is 0 Å². The predicted octanol–water partition coefficient (Wildman–Crippen LogP) is 2.13. The van der Waals surface area contributed by atoms with Crippen LogP contribution >= 0.6 is 0 Å². The smallest absolute Gasteiger partial charge is 0.239 e. The molecule has 2 heterocycles. The highest BCUT2D eigenvalue weighted by atomic mass is 32.2. The molecule has 1 aromatic heterocycles. The van der Waals surface area contributed by atoms with E-state index in [1.165, 1.54) is 5.56 Å². The molecule has 4 rings (SSSR count). The maximum Gasteiger partial charge on any atom is 0.239 e. The van der Waals surface area contributed by atoms with Gasteiger partial charge in [0.15, 0.2) is 0 Å². The van der Waals surface area contributed by atoms with Crippen LogP contribution in [0, 0.1) is 0 Å². The lowest BCUT2D eigenvalue weighted by atomic mass is 9.98. The molecule has 1 aromatic carbocycles. The number of rotatable bonds is 3. The van der Waals surface area contributed by atoms with Crippen molar-refractivity contribution in [2.24, 2.45) is 0 Å². The summed E-state index contributed by atoms with van der Waals surface area (Å²) in [5, 5.41) is 0. The first-order valence-electron chi connectivity index (χ1n) is 7.42. The first kappa shape index (κ1) is 13.7. The highest BCUT2D eigenvalue weighted by molar-refractivity contribution is 7.93. The Balaban J connectivity index is 1.55. The van der Waals surface area contributed by atoms with Crippen molar-refractivity contribution in [2.45, 2.75) is 18.8 Å². The second-order valence-corrected chi connectivity index (χ2v) is 7.79. The van der Waals surface area contributed by atoms with E-state index in [1.54, 1.807) is 16.7 Å². The van der Waals surface area contributed by atoms with Gasteiger partial charge in [0.25, 0.3) is 0 Å². The molecule has 0 bridgehead atoms. The van der Waals surface area contributed by atoms with E-state index in [-0.39, 0.29) is 5.92 Å². The molecule has 2 aliphatic rings. The van der Waals surface area contributed by atoms with Crippen LogP contribution in [-0.2, 0) is 16.4 Å². The Hall–Kier alpha value is -1.92. The highest BCUT2D eigenvalue weighted by Gasteiger charge is 2.39. The molecule has 0 radical (unpaired) electrons. The average Bonchev–Trinajstić information content (AvgIpc) is 2.99. The maximum absolute atomic E-state index is 12.7. The number of allylic oxidation sites excluding steroid dienone is 1. The third kappa shape index (κ3) is 2.19. The second-order valence-electron chi connectivity index (χ2n) is 5.80. The lowest BCUT2D eigenvalue weighted by Gasteiger charge is -2.37. The monoisotopic (exact) mass is 315 g/mol. The number of hydrogen-bond acceptors (Lipinski definition) is 3. The number of aromatic nitrogens is 2. The van der Waals surface area contributed by atoms with E-state index in [0.717, 1.165) is 17.8 Å². The number of nitrogens with one attached hydrogen (secondary N) is 1. The summed E-state index contributed by atoms with van der Waals surface area (Å²) in [5.41, 5.74) is 2.24. The topological polar surface area (TPSA) is 66.1 Å². The van der Waals surface area contributed by atoms with Crippen LogP contribution in [0.15, 0.2) is 41.6 Å². The summed E-state index contributed by atoms with van der Waals surface area (Å²) >= 11 is 0. The Morgan fingerprint density at radius 2 is 2.00 bits per heavy atom. The van der Waals surface area contributed by atoms with Gasteiger partial charge in [0.05, 0.1) is 4.91 Å². The van der Waals surface area contributed by atoms with Crippen LogP contribution in [0.1, 0.15) is 29.3 Å². The molecular weight excluding hydrogens is 298 g/mol. The molecule has 0 atom stereocenters. The third-order valence-corrected chi connectivity index (χ3v) is 6.40. The quantitative estimate of drug-likeness (QED) is 0.943. The minimum Gasteiger partial charge on any atom is -0.348 e. The number of fused-ring (bicyclic) bond motifs is 1. The van der Waals surface area contributed by atoms with E-state index in [0.29, 0.717) is 24.4 Å². The van der Waals surface area contributed by atoms with Crippen LogP contribution in [0.5, 0.6) is 0 Å². The van der Waals surface area contributed by atoms with Gasteiger partial charge in [0, 0.05) is 31.4 Å². The minimum absolute atomic E-state index is 0.182. The first-order chi connectivity index (χ1) is 10.6.